The van der Waals surface area contributed by atoms with Gasteiger partial charge in [-0.05, 0) is 61.4 Å². The Labute approximate surface area is 200 Å². The zero-order chi connectivity index (χ0) is 25.4. The zero-order valence-corrected chi connectivity index (χ0v) is 19.8. The number of aromatic nitrogens is 2. The molecule has 4 rings (SSSR count). The molecule has 12 heteroatoms. The minimum atomic E-state index is -4.43. The second-order valence-corrected chi connectivity index (χ2v) is 10.6. The van der Waals surface area contributed by atoms with Crippen molar-refractivity contribution in [2.45, 2.75) is 29.8 Å². The third kappa shape index (κ3) is 5.22. The standard InChI is InChI=1S/C23H23F3N4O4S/c1-29(2)35(32,33)19-11-7-16(8-12-19)22(31)30-13-3-4-17(14-30)21-28-27-20(34-21)15-5-9-18(10-6-15)23(24,25)26/h5-12,17H,3-4,13-14H2,1-2H3. The van der Waals surface area contributed by atoms with E-state index >= 15 is 0 Å². The largest absolute Gasteiger partial charge is 0.420 e. The van der Waals surface area contributed by atoms with Gasteiger partial charge in [0.25, 0.3) is 5.91 Å². The Balaban J connectivity index is 1.46. The Morgan fingerprint density at radius 3 is 2.31 bits per heavy atom. The highest BCUT2D eigenvalue weighted by atomic mass is 32.2. The predicted molar refractivity (Wildman–Crippen MR) is 120 cm³/mol. The lowest BCUT2D eigenvalue weighted by molar-refractivity contribution is -0.137. The fraction of sp³-hybridized carbons (Fsp3) is 0.348. The zero-order valence-electron chi connectivity index (χ0n) is 19.0. The highest BCUT2D eigenvalue weighted by molar-refractivity contribution is 7.89. The predicted octanol–water partition coefficient (Wildman–Crippen LogP) is 4.03. The molecule has 1 aliphatic heterocycles. The van der Waals surface area contributed by atoms with E-state index in [9.17, 15) is 26.4 Å². The molecule has 1 amide bonds. The van der Waals surface area contributed by atoms with Gasteiger partial charge in [-0.3, -0.25) is 4.79 Å². The van der Waals surface area contributed by atoms with Gasteiger partial charge in [-0.25, -0.2) is 12.7 Å². The number of alkyl halides is 3. The Morgan fingerprint density at radius 2 is 1.71 bits per heavy atom. The van der Waals surface area contributed by atoms with E-state index in [1.807, 2.05) is 0 Å². The number of likely N-dealkylation sites (tertiary alicyclic amines) is 1. The van der Waals surface area contributed by atoms with Crippen LogP contribution in [0, 0.1) is 0 Å². The molecule has 186 valence electrons. The average molecular weight is 509 g/mol. The second kappa shape index (κ2) is 9.42. The molecule has 8 nitrogen and oxygen atoms in total. The molecule has 35 heavy (non-hydrogen) atoms. The molecule has 1 atom stereocenters. The van der Waals surface area contributed by atoms with Gasteiger partial charge < -0.3 is 9.32 Å². The summed E-state index contributed by atoms with van der Waals surface area (Å²) in [5.41, 5.74) is -0.0395. The first kappa shape index (κ1) is 24.9. The van der Waals surface area contributed by atoms with Gasteiger partial charge in [-0.1, -0.05) is 0 Å². The van der Waals surface area contributed by atoms with E-state index in [1.54, 1.807) is 4.90 Å². The fourth-order valence-corrected chi connectivity index (χ4v) is 4.75. The quantitative estimate of drug-likeness (QED) is 0.517. The van der Waals surface area contributed by atoms with E-state index in [2.05, 4.69) is 10.2 Å². The van der Waals surface area contributed by atoms with Gasteiger partial charge in [0.15, 0.2) is 0 Å². The summed E-state index contributed by atoms with van der Waals surface area (Å²) >= 11 is 0. The molecule has 0 bridgehead atoms. The number of piperidine rings is 1. The van der Waals surface area contributed by atoms with Crippen molar-refractivity contribution in [3.63, 3.8) is 0 Å². The fourth-order valence-electron chi connectivity index (χ4n) is 3.84. The van der Waals surface area contributed by atoms with Crippen LogP contribution in [0.15, 0.2) is 57.8 Å². The van der Waals surface area contributed by atoms with Crippen LogP contribution in [0.1, 0.15) is 40.6 Å². The van der Waals surface area contributed by atoms with Gasteiger partial charge in [0, 0.05) is 38.3 Å². The third-order valence-corrected chi connectivity index (χ3v) is 7.67. The number of carbonyl (C=O) groups is 1. The number of hydrogen-bond acceptors (Lipinski definition) is 6. The number of sulfonamides is 1. The Hall–Kier alpha value is -3.25. The number of hydrogen-bond donors (Lipinski definition) is 0. The molecule has 3 aromatic rings. The molecular formula is C23H23F3N4O4S. The van der Waals surface area contributed by atoms with E-state index in [1.165, 1.54) is 50.5 Å². The summed E-state index contributed by atoms with van der Waals surface area (Å²) in [6.45, 7) is 0.845. The number of nitrogens with zero attached hydrogens (tertiary/aromatic N) is 4. The lowest BCUT2D eigenvalue weighted by atomic mass is 9.97. The summed E-state index contributed by atoms with van der Waals surface area (Å²) in [5, 5.41) is 8.03. The van der Waals surface area contributed by atoms with Crippen molar-refractivity contribution in [2.75, 3.05) is 27.2 Å². The molecular weight excluding hydrogens is 485 g/mol. The van der Waals surface area contributed by atoms with E-state index < -0.39 is 21.8 Å². The van der Waals surface area contributed by atoms with Crippen LogP contribution in [0.2, 0.25) is 0 Å². The van der Waals surface area contributed by atoms with Crippen LogP contribution >= 0.6 is 0 Å². The molecule has 0 spiro atoms. The maximum atomic E-state index is 13.0. The molecule has 0 aliphatic carbocycles. The lowest BCUT2D eigenvalue weighted by Gasteiger charge is -2.31. The Kier molecular flexibility index (Phi) is 6.69. The maximum Gasteiger partial charge on any atom is 0.416 e. The maximum absolute atomic E-state index is 13.0. The number of amides is 1. The summed E-state index contributed by atoms with van der Waals surface area (Å²) in [7, 11) is -0.728. The molecule has 1 aliphatic rings. The topological polar surface area (TPSA) is 96.6 Å². The molecule has 0 N–H and O–H groups in total. The molecule has 1 saturated heterocycles. The van der Waals surface area contributed by atoms with Crippen molar-refractivity contribution in [1.82, 2.24) is 19.4 Å². The first-order valence-electron chi connectivity index (χ1n) is 10.8. The number of rotatable bonds is 5. The van der Waals surface area contributed by atoms with Crippen molar-refractivity contribution in [3.8, 4) is 11.5 Å². The monoisotopic (exact) mass is 508 g/mol. The van der Waals surface area contributed by atoms with Gasteiger partial charge in [-0.2, -0.15) is 13.2 Å². The van der Waals surface area contributed by atoms with Crippen LogP contribution in [0.4, 0.5) is 13.2 Å². The lowest BCUT2D eigenvalue weighted by Crippen LogP contribution is -2.39. The van der Waals surface area contributed by atoms with Gasteiger partial charge in [-0.15, -0.1) is 10.2 Å². The number of carbonyl (C=O) groups excluding carboxylic acids is 1. The number of benzene rings is 2. The minimum Gasteiger partial charge on any atom is -0.420 e. The van der Waals surface area contributed by atoms with E-state index in [0.29, 0.717) is 42.9 Å². The van der Waals surface area contributed by atoms with Crippen LogP contribution in [0.3, 0.4) is 0 Å². The Morgan fingerprint density at radius 1 is 1.06 bits per heavy atom. The van der Waals surface area contributed by atoms with Crippen LogP contribution in [-0.4, -0.2) is 60.9 Å². The molecule has 2 aromatic carbocycles. The van der Waals surface area contributed by atoms with Gasteiger partial charge >= 0.3 is 6.18 Å². The summed E-state index contributed by atoms with van der Waals surface area (Å²) in [4.78, 5) is 14.8. The third-order valence-electron chi connectivity index (χ3n) is 5.84. The van der Waals surface area contributed by atoms with Crippen molar-refractivity contribution in [3.05, 3.63) is 65.5 Å². The van der Waals surface area contributed by atoms with Gasteiger partial charge in [0.1, 0.15) is 0 Å². The SMILES string of the molecule is CN(C)S(=O)(=O)c1ccc(C(=O)N2CCCC(c3nnc(-c4ccc(C(F)(F)F)cc4)o3)C2)cc1. The first-order chi connectivity index (χ1) is 16.5. The summed E-state index contributed by atoms with van der Waals surface area (Å²) in [6.07, 6.45) is -3.03. The molecule has 0 radical (unpaired) electrons. The van der Waals surface area contributed by atoms with Gasteiger partial charge in [0.2, 0.25) is 21.8 Å². The van der Waals surface area contributed by atoms with Crippen LogP contribution in [-0.2, 0) is 16.2 Å². The van der Waals surface area contributed by atoms with E-state index in [-0.39, 0.29) is 22.6 Å². The van der Waals surface area contributed by atoms with E-state index in [4.69, 9.17) is 4.42 Å². The molecule has 1 unspecified atom stereocenters. The van der Waals surface area contributed by atoms with Crippen molar-refractivity contribution in [2.24, 2.45) is 0 Å². The van der Waals surface area contributed by atoms with Crippen molar-refractivity contribution in [1.29, 1.82) is 0 Å². The summed E-state index contributed by atoms with van der Waals surface area (Å²) in [5.74, 6) is -0.0533. The molecule has 1 aromatic heterocycles. The van der Waals surface area contributed by atoms with Crippen molar-refractivity contribution >= 4 is 15.9 Å². The first-order valence-corrected chi connectivity index (χ1v) is 12.2. The number of halogens is 3. The second-order valence-electron chi connectivity index (χ2n) is 8.42. The highest BCUT2D eigenvalue weighted by Gasteiger charge is 2.31. The molecule has 0 saturated carbocycles. The highest BCUT2D eigenvalue weighted by Crippen LogP contribution is 2.32. The molecule has 2 heterocycles. The minimum absolute atomic E-state index is 0.0947. The molecule has 1 fully saturated rings. The Bertz CT molecular complexity index is 1300. The van der Waals surface area contributed by atoms with Crippen molar-refractivity contribution < 1.29 is 30.8 Å². The van der Waals surface area contributed by atoms with Gasteiger partial charge in [0.05, 0.1) is 16.4 Å². The smallest absolute Gasteiger partial charge is 0.416 e. The normalized spacial score (nSPS) is 17.1. The van der Waals surface area contributed by atoms with Crippen LogP contribution < -0.4 is 0 Å². The van der Waals surface area contributed by atoms with Crippen LogP contribution in [0.25, 0.3) is 11.5 Å². The summed E-state index contributed by atoms with van der Waals surface area (Å²) < 4.78 is 69.7. The summed E-state index contributed by atoms with van der Waals surface area (Å²) in [6, 6.07) is 10.2. The van der Waals surface area contributed by atoms with Crippen LogP contribution in [0.5, 0.6) is 0 Å². The van der Waals surface area contributed by atoms with E-state index in [0.717, 1.165) is 16.4 Å². The average Bonchev–Trinajstić information content (AvgIpc) is 3.34.